The van der Waals surface area contributed by atoms with Crippen LogP contribution in [0.4, 0.5) is 13.2 Å². The first-order valence-electron chi connectivity index (χ1n) is 8.72. The second-order valence-electron chi connectivity index (χ2n) is 7.04. The molecule has 4 heteroatoms. The Labute approximate surface area is 152 Å². The molecule has 0 bridgehead atoms. The fourth-order valence-corrected chi connectivity index (χ4v) is 3.47. The maximum absolute atomic E-state index is 12.5. The highest BCUT2D eigenvalue weighted by atomic mass is 19.4. The summed E-state index contributed by atoms with van der Waals surface area (Å²) in [5, 5.41) is 0.956. The molecule has 0 unspecified atom stereocenters. The highest BCUT2D eigenvalue weighted by Gasteiger charge is 2.26. The van der Waals surface area contributed by atoms with Gasteiger partial charge in [-0.1, -0.05) is 17.7 Å². The molecule has 1 aromatic heterocycles. The van der Waals surface area contributed by atoms with Crippen LogP contribution in [0.3, 0.4) is 0 Å². The van der Waals surface area contributed by atoms with Crippen molar-refractivity contribution in [1.82, 2.24) is 0 Å². The molecule has 0 aliphatic heterocycles. The summed E-state index contributed by atoms with van der Waals surface area (Å²) in [5.74, 6) is 0. The van der Waals surface area contributed by atoms with Gasteiger partial charge in [0.15, 0.2) is 0 Å². The summed E-state index contributed by atoms with van der Waals surface area (Å²) in [6, 6.07) is 14.0. The lowest BCUT2D eigenvalue weighted by Crippen LogP contribution is -2.32. The topological polar surface area (TPSA) is 3.88 Å². The number of aromatic nitrogens is 1. The second-order valence-corrected chi connectivity index (χ2v) is 7.04. The van der Waals surface area contributed by atoms with Crippen molar-refractivity contribution >= 4 is 10.9 Å². The normalized spacial score (nSPS) is 12.0. The van der Waals surface area contributed by atoms with Crippen LogP contribution >= 0.6 is 0 Å². The van der Waals surface area contributed by atoms with Crippen LogP contribution in [0.25, 0.3) is 22.2 Å². The van der Waals surface area contributed by atoms with E-state index in [1.807, 2.05) is 25.2 Å². The van der Waals surface area contributed by atoms with E-state index in [4.69, 9.17) is 0 Å². The third-order valence-corrected chi connectivity index (χ3v) is 5.02. The molecule has 1 nitrogen and oxygen atoms in total. The average molecular weight is 358 g/mol. The molecule has 0 saturated carbocycles. The van der Waals surface area contributed by atoms with Gasteiger partial charge < -0.3 is 0 Å². The van der Waals surface area contributed by atoms with Gasteiger partial charge in [0.05, 0.1) is 0 Å². The van der Waals surface area contributed by atoms with Crippen molar-refractivity contribution in [3.05, 3.63) is 64.7 Å². The molecule has 0 saturated heterocycles. The number of nitrogens with zero attached hydrogens (tertiary/aromatic N) is 1. The van der Waals surface area contributed by atoms with Crippen LogP contribution in [0.2, 0.25) is 0 Å². The molecule has 3 rings (SSSR count). The Morgan fingerprint density at radius 1 is 0.923 bits per heavy atom. The number of fused-ring (bicyclic) bond motifs is 1. The minimum absolute atomic E-state index is 0.0150. The summed E-state index contributed by atoms with van der Waals surface area (Å²) in [4.78, 5) is 0. The van der Waals surface area contributed by atoms with Gasteiger partial charge in [0.25, 0.3) is 0 Å². The van der Waals surface area contributed by atoms with E-state index in [1.165, 1.54) is 22.3 Å². The Bertz CT molecular complexity index is 971. The van der Waals surface area contributed by atoms with Crippen LogP contribution in [0.5, 0.6) is 0 Å². The quantitative estimate of drug-likeness (QED) is 0.525. The molecule has 0 N–H and O–H groups in total. The molecule has 1 heterocycles. The van der Waals surface area contributed by atoms with Gasteiger partial charge in [0.2, 0.25) is 11.2 Å². The van der Waals surface area contributed by atoms with E-state index in [9.17, 15) is 13.2 Å². The summed E-state index contributed by atoms with van der Waals surface area (Å²) in [7, 11) is 2.00. The third kappa shape index (κ3) is 3.74. The molecule has 2 aromatic carbocycles. The van der Waals surface area contributed by atoms with Gasteiger partial charge in [-0.15, -0.1) is 0 Å². The highest BCUT2D eigenvalue weighted by molar-refractivity contribution is 5.79. The summed E-state index contributed by atoms with van der Waals surface area (Å²) in [6.45, 7) is 6.32. The first-order valence-corrected chi connectivity index (χ1v) is 8.72. The second kappa shape index (κ2) is 6.75. The number of hydrogen-bond donors (Lipinski definition) is 0. The molecule has 0 spiro atoms. The molecular formula is C22H23F3N+. The maximum atomic E-state index is 12.5. The number of halogens is 3. The predicted molar refractivity (Wildman–Crippen MR) is 99.1 cm³/mol. The smallest absolute Gasteiger partial charge is 0.194 e. The fraction of sp³-hybridized carbons (Fsp3) is 0.318. The summed E-state index contributed by atoms with van der Waals surface area (Å²) < 4.78 is 39.5. The van der Waals surface area contributed by atoms with Crippen LogP contribution in [-0.2, 0) is 13.5 Å². The van der Waals surface area contributed by atoms with E-state index >= 15 is 0 Å². The lowest BCUT2D eigenvalue weighted by molar-refractivity contribution is -0.633. The zero-order valence-electron chi connectivity index (χ0n) is 15.5. The Kier molecular flexibility index (Phi) is 4.78. The minimum atomic E-state index is -4.12. The molecule has 26 heavy (non-hydrogen) atoms. The SMILES string of the molecule is Cc1cc(C)c(C)c(-c2ccc3cc(CCC(F)(F)F)ccc3[n+]2C)c1. The first kappa shape index (κ1) is 18.4. The Morgan fingerprint density at radius 2 is 1.65 bits per heavy atom. The lowest BCUT2D eigenvalue weighted by atomic mass is 9.96. The lowest BCUT2D eigenvalue weighted by Gasteiger charge is -2.11. The van der Waals surface area contributed by atoms with Crippen LogP contribution in [0, 0.1) is 20.8 Å². The summed E-state index contributed by atoms with van der Waals surface area (Å²) in [6.07, 6.45) is -4.89. The number of pyridine rings is 1. The zero-order valence-corrected chi connectivity index (χ0v) is 15.5. The van der Waals surface area contributed by atoms with Crippen molar-refractivity contribution < 1.29 is 17.7 Å². The number of aryl methyl sites for hydroxylation is 4. The summed E-state index contributed by atoms with van der Waals surface area (Å²) >= 11 is 0. The van der Waals surface area contributed by atoms with Gasteiger partial charge in [-0.25, -0.2) is 0 Å². The number of alkyl halides is 3. The van der Waals surface area contributed by atoms with Crippen LogP contribution in [0.15, 0.2) is 42.5 Å². The van der Waals surface area contributed by atoms with Crippen molar-refractivity contribution in [3.63, 3.8) is 0 Å². The van der Waals surface area contributed by atoms with Crippen molar-refractivity contribution in [2.45, 2.75) is 39.8 Å². The monoisotopic (exact) mass is 358 g/mol. The van der Waals surface area contributed by atoms with Crippen LogP contribution in [-0.4, -0.2) is 6.18 Å². The number of benzene rings is 2. The summed E-state index contributed by atoms with van der Waals surface area (Å²) in [5.41, 5.74) is 7.72. The minimum Gasteiger partial charge on any atom is -0.194 e. The van der Waals surface area contributed by atoms with E-state index in [1.54, 1.807) is 6.07 Å². The van der Waals surface area contributed by atoms with Crippen LogP contribution in [0.1, 0.15) is 28.7 Å². The van der Waals surface area contributed by atoms with Crippen molar-refractivity contribution in [2.75, 3.05) is 0 Å². The van der Waals surface area contributed by atoms with E-state index in [0.717, 1.165) is 16.6 Å². The molecular weight excluding hydrogens is 335 g/mol. The van der Waals surface area contributed by atoms with Crippen molar-refractivity contribution in [1.29, 1.82) is 0 Å². The van der Waals surface area contributed by atoms with Gasteiger partial charge in [-0.05, 0) is 62.1 Å². The van der Waals surface area contributed by atoms with Crippen molar-refractivity contribution in [3.8, 4) is 11.3 Å². The molecule has 3 aromatic rings. The average Bonchev–Trinajstić information content (AvgIpc) is 2.56. The molecule has 0 amide bonds. The van der Waals surface area contributed by atoms with Gasteiger partial charge in [-0.3, -0.25) is 0 Å². The van der Waals surface area contributed by atoms with E-state index < -0.39 is 12.6 Å². The maximum Gasteiger partial charge on any atom is 0.389 e. The van der Waals surface area contributed by atoms with Gasteiger partial charge in [-0.2, -0.15) is 17.7 Å². The van der Waals surface area contributed by atoms with Gasteiger partial charge in [0.1, 0.15) is 7.05 Å². The molecule has 0 radical (unpaired) electrons. The molecule has 0 atom stereocenters. The van der Waals surface area contributed by atoms with E-state index in [2.05, 4.69) is 43.5 Å². The van der Waals surface area contributed by atoms with Crippen molar-refractivity contribution in [2.24, 2.45) is 7.05 Å². The van der Waals surface area contributed by atoms with Gasteiger partial charge in [0, 0.05) is 29.5 Å². The zero-order chi connectivity index (χ0) is 19.1. The van der Waals surface area contributed by atoms with Crippen LogP contribution < -0.4 is 4.57 Å². The van der Waals surface area contributed by atoms with Gasteiger partial charge >= 0.3 is 6.18 Å². The predicted octanol–water partition coefficient (Wildman–Crippen LogP) is 5.75. The Balaban J connectivity index is 2.05. The molecule has 0 aliphatic rings. The molecule has 136 valence electrons. The third-order valence-electron chi connectivity index (χ3n) is 5.02. The number of hydrogen-bond acceptors (Lipinski definition) is 0. The van der Waals surface area contributed by atoms with E-state index in [-0.39, 0.29) is 6.42 Å². The standard InChI is InChI=1S/C22H23F3N/c1-14-11-15(2)16(3)19(12-14)21-8-6-18-13-17(9-10-22(23,24)25)5-7-20(18)26(21)4/h5-8,11-13H,9-10H2,1-4H3/q+1. The Morgan fingerprint density at radius 3 is 2.35 bits per heavy atom. The molecule has 0 fully saturated rings. The van der Waals surface area contributed by atoms with E-state index in [0.29, 0.717) is 5.56 Å². The molecule has 0 aliphatic carbocycles. The largest absolute Gasteiger partial charge is 0.389 e. The fourth-order valence-electron chi connectivity index (χ4n) is 3.47. The highest BCUT2D eigenvalue weighted by Crippen LogP contribution is 2.27. The number of rotatable bonds is 3. The first-order chi connectivity index (χ1) is 12.2. The Hall–Kier alpha value is -2.36.